The van der Waals surface area contributed by atoms with E-state index < -0.39 is 7.82 Å². The van der Waals surface area contributed by atoms with Crippen LogP contribution in [0.4, 0.5) is 0 Å². The Labute approximate surface area is 173 Å². The summed E-state index contributed by atoms with van der Waals surface area (Å²) in [4.78, 5) is 17.6. The van der Waals surface area contributed by atoms with Gasteiger partial charge in [0.1, 0.15) is 5.75 Å². The minimum atomic E-state index is -4.59. The molecule has 0 aliphatic carbocycles. The first-order valence-electron chi connectivity index (χ1n) is 7.05. The monoisotopic (exact) mass is 385 g/mol. The number of phosphoric ester groups is 1. The quantitative estimate of drug-likeness (QED) is 0.340. The van der Waals surface area contributed by atoms with Crippen molar-refractivity contribution in [1.29, 1.82) is 5.26 Å². The third kappa shape index (κ3) is 6.19. The van der Waals surface area contributed by atoms with E-state index in [0.29, 0.717) is 28.2 Å². The van der Waals surface area contributed by atoms with Gasteiger partial charge in [-0.15, -0.1) is 0 Å². The van der Waals surface area contributed by atoms with Crippen LogP contribution in [0, 0.1) is 11.3 Å². The van der Waals surface area contributed by atoms with Crippen LogP contribution in [-0.2, 0) is 4.57 Å². The van der Waals surface area contributed by atoms with Gasteiger partial charge >= 0.3 is 37.4 Å². The van der Waals surface area contributed by atoms with Gasteiger partial charge in [0, 0.05) is 0 Å². The molecule has 2 N–H and O–H groups in total. The molecule has 26 heavy (non-hydrogen) atoms. The number of nitriles is 1. The fourth-order valence-corrected chi connectivity index (χ4v) is 2.51. The van der Waals surface area contributed by atoms with Crippen molar-refractivity contribution in [3.63, 3.8) is 0 Å². The van der Waals surface area contributed by atoms with Gasteiger partial charge in [0.05, 0.1) is 25.9 Å². The Morgan fingerprint density at radius 1 is 1.08 bits per heavy atom. The van der Waals surface area contributed by atoms with Gasteiger partial charge in [-0.25, -0.2) is 4.57 Å². The van der Waals surface area contributed by atoms with Gasteiger partial charge in [-0.05, 0) is 47.5 Å². The fourth-order valence-electron chi connectivity index (χ4n) is 2.11. The first-order valence-corrected chi connectivity index (χ1v) is 8.58. The van der Waals surface area contributed by atoms with E-state index in [4.69, 9.17) is 19.3 Å². The average molecular weight is 385 g/mol. The summed E-state index contributed by atoms with van der Waals surface area (Å²) in [7, 11) is -1.56. The third-order valence-electron chi connectivity index (χ3n) is 3.23. The van der Waals surface area contributed by atoms with Gasteiger partial charge in [0.15, 0.2) is 11.5 Å². The van der Waals surface area contributed by atoms with Crippen molar-refractivity contribution in [3.05, 3.63) is 53.6 Å². The third-order valence-corrected chi connectivity index (χ3v) is 3.68. The number of ether oxygens (including phenoxy) is 2. The van der Waals surface area contributed by atoms with Crippen LogP contribution in [0.5, 0.6) is 17.2 Å². The molecule has 0 spiro atoms. The second-order valence-corrected chi connectivity index (χ2v) is 6.05. The number of allylic oxidation sites excluding steroid dienone is 1. The standard InChI is InChI=1S/C17H16NO6P.Na.H/c1-22-16-8-5-13(10-17(16)23-2)14(11-18)9-12-3-6-15(7-4-12)24-25(19,20)21;;/h3-10H,1-2H3,(H2,19,20,21);;/b14-9+;;. The Hall–Kier alpha value is -1.78. The number of methoxy groups -OCH3 is 2. The second kappa shape index (κ2) is 9.79. The SMILES string of the molecule is COc1ccc(/C(C#N)=C/c2ccc(OP(=O)(O)O)cc2)cc1OC.[NaH]. The Kier molecular flexibility index (Phi) is 8.38. The molecule has 7 nitrogen and oxygen atoms in total. The van der Waals surface area contributed by atoms with Crippen LogP contribution in [0.15, 0.2) is 42.5 Å². The van der Waals surface area contributed by atoms with Crippen LogP contribution in [0.3, 0.4) is 0 Å². The number of rotatable bonds is 6. The van der Waals surface area contributed by atoms with Crippen molar-refractivity contribution in [2.75, 3.05) is 14.2 Å². The molecule has 0 aliphatic rings. The maximum atomic E-state index is 10.8. The minimum absolute atomic E-state index is 0. The van der Waals surface area contributed by atoms with Crippen molar-refractivity contribution in [1.82, 2.24) is 0 Å². The van der Waals surface area contributed by atoms with Crippen molar-refractivity contribution in [2.45, 2.75) is 0 Å². The van der Waals surface area contributed by atoms with E-state index >= 15 is 0 Å². The average Bonchev–Trinajstić information content (AvgIpc) is 2.59. The van der Waals surface area contributed by atoms with Crippen molar-refractivity contribution in [2.24, 2.45) is 0 Å². The van der Waals surface area contributed by atoms with E-state index in [1.807, 2.05) is 0 Å². The molecule has 0 fully saturated rings. The van der Waals surface area contributed by atoms with Crippen LogP contribution in [0.25, 0.3) is 11.6 Å². The Morgan fingerprint density at radius 3 is 2.19 bits per heavy atom. The van der Waals surface area contributed by atoms with Crippen molar-refractivity contribution < 1.29 is 28.3 Å². The molecular formula is C17H17NNaO6P. The molecule has 0 amide bonds. The van der Waals surface area contributed by atoms with Crippen LogP contribution in [0.1, 0.15) is 11.1 Å². The topological polar surface area (TPSA) is 109 Å². The number of phosphoric acid groups is 1. The zero-order valence-corrected chi connectivity index (χ0v) is 14.4. The van der Waals surface area contributed by atoms with Gasteiger partial charge in [0.2, 0.25) is 0 Å². The van der Waals surface area contributed by atoms with Crippen LogP contribution < -0.4 is 14.0 Å². The van der Waals surface area contributed by atoms with Crippen LogP contribution in [0.2, 0.25) is 0 Å². The molecule has 0 atom stereocenters. The molecule has 0 saturated carbocycles. The van der Waals surface area contributed by atoms with Gasteiger partial charge in [-0.2, -0.15) is 5.26 Å². The summed E-state index contributed by atoms with van der Waals surface area (Å²) in [5, 5.41) is 9.42. The molecule has 0 radical (unpaired) electrons. The fraction of sp³-hybridized carbons (Fsp3) is 0.118. The van der Waals surface area contributed by atoms with Gasteiger partial charge in [0.25, 0.3) is 0 Å². The summed E-state index contributed by atoms with van der Waals surface area (Å²) >= 11 is 0. The molecular weight excluding hydrogens is 368 g/mol. The molecule has 0 saturated heterocycles. The van der Waals surface area contributed by atoms with Gasteiger partial charge < -0.3 is 14.0 Å². The predicted octanol–water partition coefficient (Wildman–Crippen LogP) is 2.59. The molecule has 0 heterocycles. The van der Waals surface area contributed by atoms with E-state index in [1.165, 1.54) is 26.4 Å². The predicted molar refractivity (Wildman–Crippen MR) is 99.3 cm³/mol. The molecule has 0 aliphatic heterocycles. The number of hydrogen-bond donors (Lipinski definition) is 2. The van der Waals surface area contributed by atoms with E-state index in [-0.39, 0.29) is 35.3 Å². The summed E-state index contributed by atoms with van der Waals surface area (Å²) < 4.78 is 25.7. The van der Waals surface area contributed by atoms with E-state index in [1.54, 1.807) is 36.4 Å². The molecule has 2 rings (SSSR count). The Morgan fingerprint density at radius 2 is 1.69 bits per heavy atom. The maximum absolute atomic E-state index is 10.8. The summed E-state index contributed by atoms with van der Waals surface area (Å²) in [6.07, 6.45) is 1.64. The first kappa shape index (κ1) is 22.3. The van der Waals surface area contributed by atoms with Crippen LogP contribution in [-0.4, -0.2) is 53.6 Å². The normalized spacial score (nSPS) is 11.1. The number of benzene rings is 2. The molecule has 9 heteroatoms. The van der Waals surface area contributed by atoms with Gasteiger partial charge in [-0.3, -0.25) is 9.79 Å². The summed E-state index contributed by atoms with van der Waals surface area (Å²) in [6, 6.07) is 13.2. The van der Waals surface area contributed by atoms with Crippen molar-refractivity contribution >= 4 is 49.0 Å². The molecule has 2 aromatic rings. The zero-order valence-electron chi connectivity index (χ0n) is 13.5. The summed E-state index contributed by atoms with van der Waals surface area (Å²) in [5.41, 5.74) is 1.71. The molecule has 132 valence electrons. The molecule has 2 aromatic carbocycles. The zero-order chi connectivity index (χ0) is 18.4. The van der Waals surface area contributed by atoms with E-state index in [2.05, 4.69) is 10.6 Å². The summed E-state index contributed by atoms with van der Waals surface area (Å²) in [5.74, 6) is 1.10. The molecule has 0 aromatic heterocycles. The molecule has 0 bridgehead atoms. The number of hydrogen-bond acceptors (Lipinski definition) is 5. The van der Waals surface area contributed by atoms with Gasteiger partial charge in [-0.1, -0.05) is 12.1 Å². The summed E-state index contributed by atoms with van der Waals surface area (Å²) in [6.45, 7) is 0. The van der Waals surface area contributed by atoms with Crippen LogP contribution >= 0.6 is 7.82 Å². The number of nitrogens with zero attached hydrogens (tertiary/aromatic N) is 1. The van der Waals surface area contributed by atoms with E-state index in [9.17, 15) is 9.83 Å². The Bertz CT molecular complexity index is 870. The van der Waals surface area contributed by atoms with Crippen molar-refractivity contribution in [3.8, 4) is 23.3 Å². The molecule has 0 unspecified atom stereocenters. The Balaban J connectivity index is 0.00000338. The second-order valence-electron chi connectivity index (χ2n) is 4.89. The first-order chi connectivity index (χ1) is 11.9. The van der Waals surface area contributed by atoms with E-state index in [0.717, 1.165) is 0 Å².